The number of fused-ring (bicyclic) bond motifs is 1. The molecular weight excluding hydrogens is 250 g/mol. The first-order chi connectivity index (χ1) is 9.65. The number of aromatic nitrogens is 2. The number of nitrogen functional groups attached to an aromatic ring is 1. The molecule has 4 nitrogen and oxygen atoms in total. The molecule has 2 N–H and O–H groups in total. The number of nitrogens with two attached hydrogens (primary N) is 1. The summed E-state index contributed by atoms with van der Waals surface area (Å²) in [4.78, 5) is 4.50. The number of hydrogen-bond donors (Lipinski definition) is 1. The smallest absolute Gasteiger partial charge is 0.201 e. The van der Waals surface area contributed by atoms with Crippen LogP contribution in [0.5, 0.6) is 5.75 Å². The average Bonchev–Trinajstić information content (AvgIpc) is 3.15. The van der Waals surface area contributed by atoms with Crippen LogP contribution in [0.4, 0.5) is 5.95 Å². The van der Waals surface area contributed by atoms with Crippen molar-refractivity contribution >= 4 is 17.0 Å². The normalized spacial score (nSPS) is 15.2. The van der Waals surface area contributed by atoms with E-state index in [9.17, 15) is 0 Å². The minimum atomic E-state index is 0.141. The number of imidazole rings is 1. The van der Waals surface area contributed by atoms with Crippen molar-refractivity contribution in [3.63, 3.8) is 0 Å². The molecule has 0 aliphatic heterocycles. The van der Waals surface area contributed by atoms with Crippen molar-refractivity contribution in [1.82, 2.24) is 9.55 Å². The molecule has 4 heteroatoms. The third kappa shape index (κ3) is 2.74. The van der Waals surface area contributed by atoms with Gasteiger partial charge in [0.25, 0.3) is 0 Å². The second-order valence-electron chi connectivity index (χ2n) is 6.00. The number of aryl methyl sites for hydroxylation is 1. The zero-order valence-corrected chi connectivity index (χ0v) is 12.3. The van der Waals surface area contributed by atoms with Gasteiger partial charge in [0.05, 0.1) is 11.6 Å². The van der Waals surface area contributed by atoms with Gasteiger partial charge in [-0.25, -0.2) is 4.98 Å². The fraction of sp³-hybridized carbons (Fsp3) is 0.562. The van der Waals surface area contributed by atoms with E-state index in [1.165, 1.54) is 25.7 Å². The van der Waals surface area contributed by atoms with Gasteiger partial charge >= 0.3 is 0 Å². The Morgan fingerprint density at radius 1 is 1.40 bits per heavy atom. The molecule has 0 bridgehead atoms. The summed E-state index contributed by atoms with van der Waals surface area (Å²) in [5, 5.41) is 0. The lowest BCUT2D eigenvalue weighted by Gasteiger charge is -2.10. The van der Waals surface area contributed by atoms with Crippen molar-refractivity contribution in [2.75, 3.05) is 5.73 Å². The minimum absolute atomic E-state index is 0.141. The van der Waals surface area contributed by atoms with Crippen molar-refractivity contribution < 1.29 is 4.74 Å². The number of para-hydroxylation sites is 1. The molecule has 0 spiro atoms. The fourth-order valence-electron chi connectivity index (χ4n) is 2.67. The highest BCUT2D eigenvalue weighted by Gasteiger charge is 2.21. The van der Waals surface area contributed by atoms with Crippen LogP contribution in [0.25, 0.3) is 11.0 Å². The third-order valence-electron chi connectivity index (χ3n) is 3.83. The Labute approximate surface area is 119 Å². The summed E-state index contributed by atoms with van der Waals surface area (Å²) in [5.41, 5.74) is 8.04. The zero-order valence-electron chi connectivity index (χ0n) is 12.3. The lowest BCUT2D eigenvalue weighted by Crippen LogP contribution is -2.06. The maximum absolute atomic E-state index is 6.08. The molecule has 1 aliphatic carbocycles. The molecule has 0 atom stereocenters. The van der Waals surface area contributed by atoms with Crippen LogP contribution >= 0.6 is 0 Å². The molecule has 0 radical (unpaired) electrons. The van der Waals surface area contributed by atoms with Crippen LogP contribution in [0.2, 0.25) is 0 Å². The highest BCUT2D eigenvalue weighted by Crippen LogP contribution is 2.34. The lowest BCUT2D eigenvalue weighted by molar-refractivity contribution is 0.245. The molecule has 1 heterocycles. The summed E-state index contributed by atoms with van der Waals surface area (Å²) in [6, 6.07) is 6.05. The van der Waals surface area contributed by atoms with E-state index >= 15 is 0 Å². The SMILES string of the molecule is CC(C)Oc1cccc2c1nc(N)n2CCCC1CC1. The molecule has 108 valence electrons. The number of ether oxygens (including phenoxy) is 1. The van der Waals surface area contributed by atoms with Gasteiger partial charge in [-0.3, -0.25) is 0 Å². The van der Waals surface area contributed by atoms with E-state index < -0.39 is 0 Å². The van der Waals surface area contributed by atoms with Crippen molar-refractivity contribution in [1.29, 1.82) is 0 Å². The predicted molar refractivity (Wildman–Crippen MR) is 81.9 cm³/mol. The van der Waals surface area contributed by atoms with Crippen LogP contribution in [0.3, 0.4) is 0 Å². The summed E-state index contributed by atoms with van der Waals surface area (Å²) in [6.45, 7) is 4.99. The Kier molecular flexibility index (Phi) is 3.55. The van der Waals surface area contributed by atoms with Crippen LogP contribution in [0.1, 0.15) is 39.5 Å². The highest BCUT2D eigenvalue weighted by molar-refractivity contribution is 5.84. The van der Waals surface area contributed by atoms with Gasteiger partial charge in [0.2, 0.25) is 5.95 Å². The van der Waals surface area contributed by atoms with Crippen molar-refractivity contribution in [2.45, 2.75) is 52.2 Å². The molecule has 1 aliphatic rings. The number of anilines is 1. The predicted octanol–water partition coefficient (Wildman–Crippen LogP) is 3.60. The first-order valence-corrected chi connectivity index (χ1v) is 7.56. The van der Waals surface area contributed by atoms with Gasteiger partial charge in [-0.05, 0) is 44.7 Å². The van der Waals surface area contributed by atoms with Crippen molar-refractivity contribution in [3.8, 4) is 5.75 Å². The fourth-order valence-corrected chi connectivity index (χ4v) is 2.67. The van der Waals surface area contributed by atoms with Crippen molar-refractivity contribution in [2.24, 2.45) is 5.92 Å². The van der Waals surface area contributed by atoms with E-state index in [2.05, 4.69) is 15.6 Å². The van der Waals surface area contributed by atoms with Crippen LogP contribution in [-0.4, -0.2) is 15.7 Å². The maximum Gasteiger partial charge on any atom is 0.201 e. The second-order valence-corrected chi connectivity index (χ2v) is 6.00. The molecule has 20 heavy (non-hydrogen) atoms. The summed E-state index contributed by atoms with van der Waals surface area (Å²) >= 11 is 0. The standard InChI is InChI=1S/C16H23N3O/c1-11(2)20-14-7-3-6-13-15(14)18-16(17)19(13)10-4-5-12-8-9-12/h3,6-7,11-12H,4-5,8-10H2,1-2H3,(H2,17,18). The molecule has 0 saturated heterocycles. The average molecular weight is 273 g/mol. The van der Waals surface area contributed by atoms with E-state index in [1.807, 2.05) is 26.0 Å². The quantitative estimate of drug-likeness (QED) is 0.875. The van der Waals surface area contributed by atoms with Crippen LogP contribution in [0.15, 0.2) is 18.2 Å². The van der Waals surface area contributed by atoms with Crippen molar-refractivity contribution in [3.05, 3.63) is 18.2 Å². The van der Waals surface area contributed by atoms with Gasteiger partial charge in [0, 0.05) is 6.54 Å². The second kappa shape index (κ2) is 5.35. The topological polar surface area (TPSA) is 53.1 Å². The Bertz CT molecular complexity index is 599. The Balaban J connectivity index is 1.85. The van der Waals surface area contributed by atoms with E-state index in [0.29, 0.717) is 5.95 Å². The third-order valence-corrected chi connectivity index (χ3v) is 3.83. The van der Waals surface area contributed by atoms with Gasteiger partial charge in [0.1, 0.15) is 11.3 Å². The lowest BCUT2D eigenvalue weighted by atomic mass is 10.2. The highest BCUT2D eigenvalue weighted by atomic mass is 16.5. The van der Waals surface area contributed by atoms with Gasteiger partial charge in [-0.15, -0.1) is 0 Å². The molecule has 1 aromatic heterocycles. The molecule has 2 aromatic rings. The molecular formula is C16H23N3O. The largest absolute Gasteiger partial charge is 0.489 e. The van der Waals surface area contributed by atoms with Crippen LogP contribution in [0, 0.1) is 5.92 Å². The van der Waals surface area contributed by atoms with Gasteiger partial charge < -0.3 is 15.0 Å². The van der Waals surface area contributed by atoms with Crippen LogP contribution in [-0.2, 0) is 6.54 Å². The minimum Gasteiger partial charge on any atom is -0.489 e. The van der Waals surface area contributed by atoms with Gasteiger partial charge in [-0.1, -0.05) is 18.9 Å². The monoisotopic (exact) mass is 273 g/mol. The summed E-state index contributed by atoms with van der Waals surface area (Å²) in [5.74, 6) is 2.38. The summed E-state index contributed by atoms with van der Waals surface area (Å²) in [6.07, 6.45) is 5.44. The Morgan fingerprint density at radius 2 is 2.20 bits per heavy atom. The number of nitrogens with zero attached hydrogens (tertiary/aromatic N) is 2. The van der Waals surface area contributed by atoms with Crippen LogP contribution < -0.4 is 10.5 Å². The van der Waals surface area contributed by atoms with E-state index in [4.69, 9.17) is 10.5 Å². The van der Waals surface area contributed by atoms with E-state index in [0.717, 1.165) is 29.2 Å². The molecule has 1 fully saturated rings. The number of benzene rings is 1. The molecule has 0 unspecified atom stereocenters. The Morgan fingerprint density at radius 3 is 2.90 bits per heavy atom. The van der Waals surface area contributed by atoms with Gasteiger partial charge in [0.15, 0.2) is 0 Å². The maximum atomic E-state index is 6.08. The summed E-state index contributed by atoms with van der Waals surface area (Å²) < 4.78 is 7.93. The number of rotatable bonds is 6. The zero-order chi connectivity index (χ0) is 14.1. The van der Waals surface area contributed by atoms with E-state index in [-0.39, 0.29) is 6.10 Å². The Hall–Kier alpha value is -1.71. The van der Waals surface area contributed by atoms with Gasteiger partial charge in [-0.2, -0.15) is 0 Å². The molecule has 1 saturated carbocycles. The molecule has 3 rings (SSSR count). The first-order valence-electron chi connectivity index (χ1n) is 7.56. The number of hydrogen-bond acceptors (Lipinski definition) is 3. The first kappa shape index (κ1) is 13.3. The molecule has 1 aromatic carbocycles. The summed E-state index contributed by atoms with van der Waals surface area (Å²) in [7, 11) is 0. The van der Waals surface area contributed by atoms with E-state index in [1.54, 1.807) is 0 Å². The molecule has 0 amide bonds.